The summed E-state index contributed by atoms with van der Waals surface area (Å²) in [5.74, 6) is -0.613. The van der Waals surface area contributed by atoms with Gasteiger partial charge in [0.1, 0.15) is 6.10 Å². The van der Waals surface area contributed by atoms with E-state index in [4.69, 9.17) is 4.74 Å². The maximum Gasteiger partial charge on any atom is 0.347 e. The van der Waals surface area contributed by atoms with Crippen LogP contribution in [0.5, 0.6) is 0 Å². The minimum Gasteiger partial charge on any atom is -0.460 e. The number of nitrogens with zero attached hydrogens (tertiary/aromatic N) is 1. The number of rotatable bonds is 4. The topological polar surface area (TPSA) is 49.8 Å². The van der Waals surface area contributed by atoms with Crippen LogP contribution >= 0.6 is 12.4 Å². The third-order valence-electron chi connectivity index (χ3n) is 5.90. The Morgan fingerprint density at radius 1 is 1.07 bits per heavy atom. The standard InChI is InChI=1S/C23H29NO3.ClH/c1-17-15-20(16-22(2,3)24(17)4)27-21(25)23(26,18-11-7-5-8-12-18)19-13-9-6-10-14-19;/h5-14,17,20,26H,15-16H2,1-4H3;1H. The van der Waals surface area contributed by atoms with Crippen molar-refractivity contribution in [1.82, 2.24) is 4.90 Å². The Hall–Kier alpha value is -1.88. The second kappa shape index (κ2) is 8.64. The summed E-state index contributed by atoms with van der Waals surface area (Å²) in [6.45, 7) is 6.45. The Kier molecular flexibility index (Phi) is 6.92. The Bertz CT molecular complexity index is 739. The molecule has 0 bridgehead atoms. The summed E-state index contributed by atoms with van der Waals surface area (Å²) in [5, 5.41) is 11.5. The molecule has 0 aliphatic carbocycles. The number of likely N-dealkylation sites (tertiary alicyclic amines) is 1. The van der Waals surface area contributed by atoms with Crippen LogP contribution in [-0.2, 0) is 15.1 Å². The third kappa shape index (κ3) is 4.24. The largest absolute Gasteiger partial charge is 0.460 e. The highest BCUT2D eigenvalue weighted by Gasteiger charge is 2.45. The first kappa shape index (κ1) is 22.4. The molecule has 0 spiro atoms. The van der Waals surface area contributed by atoms with E-state index in [0.717, 1.165) is 12.8 Å². The molecule has 1 aliphatic heterocycles. The van der Waals surface area contributed by atoms with Crippen molar-refractivity contribution < 1.29 is 14.6 Å². The number of benzene rings is 2. The van der Waals surface area contributed by atoms with Crippen LogP contribution in [0.25, 0.3) is 0 Å². The summed E-state index contributed by atoms with van der Waals surface area (Å²) in [5.41, 5.74) is -0.859. The summed E-state index contributed by atoms with van der Waals surface area (Å²) >= 11 is 0. The van der Waals surface area contributed by atoms with E-state index >= 15 is 0 Å². The smallest absolute Gasteiger partial charge is 0.347 e. The summed E-state index contributed by atoms with van der Waals surface area (Å²) in [6.07, 6.45) is 1.27. The molecule has 2 aromatic rings. The predicted octanol–water partition coefficient (Wildman–Crippen LogP) is 4.15. The van der Waals surface area contributed by atoms with Gasteiger partial charge < -0.3 is 9.84 Å². The highest BCUT2D eigenvalue weighted by Crippen LogP contribution is 2.35. The highest BCUT2D eigenvalue weighted by molar-refractivity contribution is 5.86. The van der Waals surface area contributed by atoms with Crippen molar-refractivity contribution in [2.24, 2.45) is 0 Å². The predicted molar refractivity (Wildman–Crippen MR) is 114 cm³/mol. The number of ether oxygens (including phenoxy) is 1. The van der Waals surface area contributed by atoms with Crippen molar-refractivity contribution in [1.29, 1.82) is 0 Å². The fraction of sp³-hybridized carbons (Fsp3) is 0.435. The first-order chi connectivity index (χ1) is 12.7. The molecule has 1 saturated heterocycles. The van der Waals surface area contributed by atoms with Crippen LogP contribution in [0.4, 0.5) is 0 Å². The number of hydrogen-bond acceptors (Lipinski definition) is 4. The SMILES string of the molecule is CC1CC(OC(=O)C(O)(c2ccccc2)c2ccccc2)CC(C)(C)N1C.Cl. The average molecular weight is 404 g/mol. The average Bonchev–Trinajstić information content (AvgIpc) is 2.66. The second-order valence-corrected chi connectivity index (χ2v) is 8.18. The van der Waals surface area contributed by atoms with Crippen LogP contribution in [-0.4, -0.2) is 40.7 Å². The van der Waals surface area contributed by atoms with Gasteiger partial charge in [-0.3, -0.25) is 4.90 Å². The fourth-order valence-corrected chi connectivity index (χ4v) is 4.01. The van der Waals surface area contributed by atoms with Crippen LogP contribution in [0.3, 0.4) is 0 Å². The van der Waals surface area contributed by atoms with Crippen molar-refractivity contribution in [3.05, 3.63) is 71.8 Å². The molecular formula is C23H30ClNO3. The van der Waals surface area contributed by atoms with E-state index in [2.05, 4.69) is 32.7 Å². The highest BCUT2D eigenvalue weighted by atomic mass is 35.5. The lowest BCUT2D eigenvalue weighted by atomic mass is 9.84. The molecule has 1 aliphatic rings. The van der Waals surface area contributed by atoms with Crippen LogP contribution in [0.2, 0.25) is 0 Å². The first-order valence-electron chi connectivity index (χ1n) is 9.52. The molecule has 2 atom stereocenters. The first-order valence-corrected chi connectivity index (χ1v) is 9.52. The number of esters is 1. The summed E-state index contributed by atoms with van der Waals surface area (Å²) < 4.78 is 5.90. The molecule has 0 saturated carbocycles. The second-order valence-electron chi connectivity index (χ2n) is 8.18. The van der Waals surface area contributed by atoms with Gasteiger partial charge in [0.25, 0.3) is 0 Å². The molecule has 0 aromatic heterocycles. The van der Waals surface area contributed by atoms with Crippen molar-refractivity contribution in [2.45, 2.75) is 56.9 Å². The number of halogens is 1. The maximum absolute atomic E-state index is 13.2. The zero-order valence-corrected chi connectivity index (χ0v) is 17.8. The lowest BCUT2D eigenvalue weighted by Gasteiger charge is -2.47. The molecule has 4 nitrogen and oxygen atoms in total. The van der Waals surface area contributed by atoms with E-state index in [1.165, 1.54) is 0 Å². The quantitative estimate of drug-likeness (QED) is 0.779. The third-order valence-corrected chi connectivity index (χ3v) is 5.90. The molecule has 152 valence electrons. The molecule has 1 N–H and O–H groups in total. The molecule has 5 heteroatoms. The van der Waals surface area contributed by atoms with E-state index in [1.54, 1.807) is 24.3 Å². The van der Waals surface area contributed by atoms with E-state index in [0.29, 0.717) is 17.2 Å². The van der Waals surface area contributed by atoms with E-state index in [-0.39, 0.29) is 24.0 Å². The van der Waals surface area contributed by atoms with E-state index in [1.807, 2.05) is 36.4 Å². The number of piperidine rings is 1. The molecule has 0 radical (unpaired) electrons. The number of aliphatic hydroxyl groups is 1. The molecule has 28 heavy (non-hydrogen) atoms. The van der Waals surface area contributed by atoms with Gasteiger partial charge in [-0.05, 0) is 45.4 Å². The van der Waals surface area contributed by atoms with Crippen molar-refractivity contribution in [3.8, 4) is 0 Å². The zero-order valence-electron chi connectivity index (χ0n) is 17.0. The van der Waals surface area contributed by atoms with Gasteiger partial charge in [0.15, 0.2) is 0 Å². The number of hydrogen-bond donors (Lipinski definition) is 1. The minimum absolute atomic E-state index is 0. The summed E-state index contributed by atoms with van der Waals surface area (Å²) in [7, 11) is 2.10. The minimum atomic E-state index is -1.82. The Morgan fingerprint density at radius 3 is 1.96 bits per heavy atom. The Balaban J connectivity index is 0.00000280. The van der Waals surface area contributed by atoms with E-state index < -0.39 is 11.6 Å². The van der Waals surface area contributed by atoms with Gasteiger partial charge >= 0.3 is 5.97 Å². The van der Waals surface area contributed by atoms with Gasteiger partial charge in [-0.15, -0.1) is 12.4 Å². The molecular weight excluding hydrogens is 374 g/mol. The molecule has 2 unspecified atom stereocenters. The molecule has 0 amide bonds. The maximum atomic E-state index is 13.2. The molecule has 2 aromatic carbocycles. The molecule has 3 rings (SSSR count). The van der Waals surface area contributed by atoms with Crippen LogP contribution in [0.1, 0.15) is 44.7 Å². The lowest BCUT2D eigenvalue weighted by Crippen LogP contribution is -2.55. The molecule has 1 fully saturated rings. The van der Waals surface area contributed by atoms with Gasteiger partial charge in [-0.25, -0.2) is 4.79 Å². The number of carbonyl (C=O) groups excluding carboxylic acids is 1. The Morgan fingerprint density at radius 2 is 1.54 bits per heavy atom. The van der Waals surface area contributed by atoms with Gasteiger partial charge in [0.2, 0.25) is 5.60 Å². The van der Waals surface area contributed by atoms with Crippen LogP contribution in [0, 0.1) is 0 Å². The van der Waals surface area contributed by atoms with Gasteiger partial charge in [0, 0.05) is 18.0 Å². The van der Waals surface area contributed by atoms with Crippen LogP contribution < -0.4 is 0 Å². The summed E-state index contributed by atoms with van der Waals surface area (Å²) in [4.78, 5) is 15.6. The van der Waals surface area contributed by atoms with Gasteiger partial charge in [-0.2, -0.15) is 0 Å². The van der Waals surface area contributed by atoms with Crippen molar-refractivity contribution in [3.63, 3.8) is 0 Å². The van der Waals surface area contributed by atoms with Gasteiger partial charge in [0.05, 0.1) is 0 Å². The Labute approximate surface area is 173 Å². The summed E-state index contributed by atoms with van der Waals surface area (Å²) in [6, 6.07) is 18.3. The van der Waals surface area contributed by atoms with Crippen LogP contribution in [0.15, 0.2) is 60.7 Å². The van der Waals surface area contributed by atoms with Crippen molar-refractivity contribution in [2.75, 3.05) is 7.05 Å². The monoisotopic (exact) mass is 403 g/mol. The zero-order chi connectivity index (χ0) is 19.7. The lowest BCUT2D eigenvalue weighted by molar-refractivity contribution is -0.173. The normalized spacial score (nSPS) is 22.2. The van der Waals surface area contributed by atoms with E-state index in [9.17, 15) is 9.90 Å². The number of carbonyl (C=O) groups is 1. The fourth-order valence-electron chi connectivity index (χ4n) is 4.01. The van der Waals surface area contributed by atoms with Crippen molar-refractivity contribution >= 4 is 18.4 Å². The molecule has 1 heterocycles. The van der Waals surface area contributed by atoms with Gasteiger partial charge in [-0.1, -0.05) is 60.7 Å².